The number of hydrogen-bond acceptors (Lipinski definition) is 5. The van der Waals surface area contributed by atoms with Crippen molar-refractivity contribution in [1.29, 1.82) is 0 Å². The molecule has 1 aliphatic rings. The number of ether oxygens (including phenoxy) is 1. The molecule has 4 rings (SSSR count). The molecule has 2 heterocycles. The first-order valence-electron chi connectivity index (χ1n) is 9.30. The SMILES string of the molecule is C[C@@H]1Oc2ccccc2N([C@@H](C)C(=O)Nc2cccc(-c3nncn3C)c2)C1=O. The van der Waals surface area contributed by atoms with Crippen molar-refractivity contribution in [3.63, 3.8) is 0 Å². The highest BCUT2D eigenvalue weighted by atomic mass is 16.5. The number of para-hydroxylation sites is 2. The first-order valence-corrected chi connectivity index (χ1v) is 9.30. The van der Waals surface area contributed by atoms with Gasteiger partial charge in [-0.3, -0.25) is 14.5 Å². The van der Waals surface area contributed by atoms with E-state index in [0.717, 1.165) is 5.56 Å². The van der Waals surface area contributed by atoms with Crippen molar-refractivity contribution in [2.45, 2.75) is 26.0 Å². The molecule has 2 atom stereocenters. The molecule has 1 aromatic heterocycles. The Hall–Kier alpha value is -3.68. The van der Waals surface area contributed by atoms with Gasteiger partial charge in [-0.1, -0.05) is 24.3 Å². The molecular weight excluding hydrogens is 370 g/mol. The van der Waals surface area contributed by atoms with Crippen LogP contribution >= 0.6 is 0 Å². The Bertz CT molecular complexity index is 1080. The maximum Gasteiger partial charge on any atom is 0.268 e. The van der Waals surface area contributed by atoms with Crippen molar-refractivity contribution >= 4 is 23.2 Å². The van der Waals surface area contributed by atoms with Crippen LogP contribution in [0.25, 0.3) is 11.4 Å². The van der Waals surface area contributed by atoms with Gasteiger partial charge in [-0.25, -0.2) is 0 Å². The second kappa shape index (κ2) is 7.38. The lowest BCUT2D eigenvalue weighted by Gasteiger charge is -2.36. The van der Waals surface area contributed by atoms with Gasteiger partial charge < -0.3 is 14.6 Å². The number of carbonyl (C=O) groups excluding carboxylic acids is 2. The zero-order valence-electron chi connectivity index (χ0n) is 16.4. The number of rotatable bonds is 4. The molecular formula is C21H21N5O3. The monoisotopic (exact) mass is 391 g/mol. The molecule has 3 aromatic rings. The Labute approximate surface area is 168 Å². The van der Waals surface area contributed by atoms with Gasteiger partial charge in [0.2, 0.25) is 5.91 Å². The van der Waals surface area contributed by atoms with E-state index >= 15 is 0 Å². The van der Waals surface area contributed by atoms with E-state index in [0.29, 0.717) is 22.9 Å². The fourth-order valence-corrected chi connectivity index (χ4v) is 3.36. The number of nitrogens with one attached hydrogen (secondary N) is 1. The number of fused-ring (bicyclic) bond motifs is 1. The van der Waals surface area contributed by atoms with Crippen molar-refractivity contribution < 1.29 is 14.3 Å². The molecule has 2 aromatic carbocycles. The molecule has 0 spiro atoms. The summed E-state index contributed by atoms with van der Waals surface area (Å²) in [5, 5.41) is 10.9. The number of amides is 2. The number of aromatic nitrogens is 3. The molecule has 0 unspecified atom stereocenters. The Kier molecular flexibility index (Phi) is 4.75. The quantitative estimate of drug-likeness (QED) is 0.738. The molecule has 2 amide bonds. The van der Waals surface area contributed by atoms with Crippen LogP contribution < -0.4 is 15.0 Å². The van der Waals surface area contributed by atoms with Gasteiger partial charge in [0.05, 0.1) is 5.69 Å². The number of benzene rings is 2. The van der Waals surface area contributed by atoms with Crippen LogP contribution in [-0.2, 0) is 16.6 Å². The minimum absolute atomic E-state index is 0.251. The Morgan fingerprint density at radius 2 is 2.00 bits per heavy atom. The first-order chi connectivity index (χ1) is 14.0. The number of aryl methyl sites for hydroxylation is 1. The Balaban J connectivity index is 1.58. The fourth-order valence-electron chi connectivity index (χ4n) is 3.36. The summed E-state index contributed by atoms with van der Waals surface area (Å²) in [7, 11) is 1.85. The van der Waals surface area contributed by atoms with Crippen molar-refractivity contribution in [3.05, 3.63) is 54.9 Å². The Morgan fingerprint density at radius 1 is 1.21 bits per heavy atom. The Morgan fingerprint density at radius 3 is 2.76 bits per heavy atom. The maximum atomic E-state index is 13.0. The third-order valence-electron chi connectivity index (χ3n) is 4.88. The highest BCUT2D eigenvalue weighted by molar-refractivity contribution is 6.08. The molecule has 0 aliphatic carbocycles. The lowest BCUT2D eigenvalue weighted by atomic mass is 10.1. The number of carbonyl (C=O) groups is 2. The van der Waals surface area contributed by atoms with Gasteiger partial charge >= 0.3 is 0 Å². The molecule has 1 aliphatic heterocycles. The second-order valence-corrected chi connectivity index (χ2v) is 6.95. The van der Waals surface area contributed by atoms with Gasteiger partial charge in [0.15, 0.2) is 11.9 Å². The third-order valence-corrected chi connectivity index (χ3v) is 4.88. The smallest absolute Gasteiger partial charge is 0.268 e. The number of anilines is 2. The molecule has 8 heteroatoms. The van der Waals surface area contributed by atoms with E-state index in [2.05, 4.69) is 15.5 Å². The lowest BCUT2D eigenvalue weighted by Crippen LogP contribution is -2.52. The molecule has 148 valence electrons. The van der Waals surface area contributed by atoms with E-state index in [1.807, 2.05) is 37.4 Å². The summed E-state index contributed by atoms with van der Waals surface area (Å²) in [6.07, 6.45) is 0.963. The maximum absolute atomic E-state index is 13.0. The van der Waals surface area contributed by atoms with E-state index in [-0.39, 0.29) is 11.8 Å². The van der Waals surface area contributed by atoms with Crippen LogP contribution in [-0.4, -0.2) is 38.7 Å². The van der Waals surface area contributed by atoms with Crippen molar-refractivity contribution in [2.24, 2.45) is 7.05 Å². The number of nitrogens with zero attached hydrogens (tertiary/aromatic N) is 4. The molecule has 0 fully saturated rings. The van der Waals surface area contributed by atoms with Gasteiger partial charge in [0.1, 0.15) is 18.1 Å². The molecule has 1 N–H and O–H groups in total. The van der Waals surface area contributed by atoms with Crippen molar-refractivity contribution in [2.75, 3.05) is 10.2 Å². The molecule has 0 bridgehead atoms. The van der Waals surface area contributed by atoms with Gasteiger partial charge in [-0.2, -0.15) is 0 Å². The average molecular weight is 391 g/mol. The van der Waals surface area contributed by atoms with Gasteiger partial charge in [-0.05, 0) is 38.1 Å². The summed E-state index contributed by atoms with van der Waals surface area (Å²) >= 11 is 0. The van der Waals surface area contributed by atoms with Crippen molar-refractivity contribution in [1.82, 2.24) is 14.8 Å². The zero-order chi connectivity index (χ0) is 20.5. The summed E-state index contributed by atoms with van der Waals surface area (Å²) in [4.78, 5) is 27.2. The highest BCUT2D eigenvalue weighted by Gasteiger charge is 2.37. The van der Waals surface area contributed by atoms with E-state index < -0.39 is 12.1 Å². The average Bonchev–Trinajstić information content (AvgIpc) is 3.14. The van der Waals surface area contributed by atoms with Crippen LogP contribution in [0.5, 0.6) is 5.75 Å². The van der Waals surface area contributed by atoms with E-state index in [9.17, 15) is 9.59 Å². The van der Waals surface area contributed by atoms with Gasteiger partial charge in [0.25, 0.3) is 5.91 Å². The summed E-state index contributed by atoms with van der Waals surface area (Å²) in [5.74, 6) is 0.736. The minimum atomic E-state index is -0.714. The molecule has 0 saturated carbocycles. The topological polar surface area (TPSA) is 89.3 Å². The summed E-state index contributed by atoms with van der Waals surface area (Å²) in [6, 6.07) is 13.9. The predicted molar refractivity (Wildman–Crippen MR) is 109 cm³/mol. The predicted octanol–water partition coefficient (Wildman–Crippen LogP) is 2.62. The highest BCUT2D eigenvalue weighted by Crippen LogP contribution is 2.35. The number of hydrogen-bond donors (Lipinski definition) is 1. The molecule has 29 heavy (non-hydrogen) atoms. The molecule has 0 saturated heterocycles. The van der Waals surface area contributed by atoms with Crippen LogP contribution in [0.3, 0.4) is 0 Å². The third kappa shape index (κ3) is 3.44. The van der Waals surface area contributed by atoms with Crippen molar-refractivity contribution in [3.8, 4) is 17.1 Å². The van der Waals surface area contributed by atoms with Crippen LogP contribution in [0.1, 0.15) is 13.8 Å². The van der Waals surface area contributed by atoms with Crippen LogP contribution in [0, 0.1) is 0 Å². The van der Waals surface area contributed by atoms with Crippen LogP contribution in [0.2, 0.25) is 0 Å². The van der Waals surface area contributed by atoms with Crippen LogP contribution in [0.4, 0.5) is 11.4 Å². The lowest BCUT2D eigenvalue weighted by molar-refractivity contribution is -0.128. The molecule has 8 nitrogen and oxygen atoms in total. The minimum Gasteiger partial charge on any atom is -0.479 e. The summed E-state index contributed by atoms with van der Waals surface area (Å²) in [5.41, 5.74) is 2.03. The van der Waals surface area contributed by atoms with Gasteiger partial charge in [0, 0.05) is 18.3 Å². The zero-order valence-corrected chi connectivity index (χ0v) is 16.4. The first kappa shape index (κ1) is 18.7. The fraction of sp³-hybridized carbons (Fsp3) is 0.238. The molecule has 0 radical (unpaired) electrons. The summed E-state index contributed by atoms with van der Waals surface area (Å²) in [6.45, 7) is 3.38. The normalized spacial score (nSPS) is 16.7. The van der Waals surface area contributed by atoms with E-state index in [1.165, 1.54) is 4.90 Å². The largest absolute Gasteiger partial charge is 0.479 e. The summed E-state index contributed by atoms with van der Waals surface area (Å²) < 4.78 is 7.45. The van der Waals surface area contributed by atoms with Gasteiger partial charge in [-0.15, -0.1) is 10.2 Å². The van der Waals surface area contributed by atoms with E-state index in [4.69, 9.17) is 4.74 Å². The second-order valence-electron chi connectivity index (χ2n) is 6.95. The van der Waals surface area contributed by atoms with E-state index in [1.54, 1.807) is 42.9 Å². The standard InChI is InChI=1S/C21H21N5O3/c1-13(26-17-9-4-5-10-18(17)29-14(2)21(26)28)20(27)23-16-8-6-7-15(11-16)19-24-22-12-25(19)3/h4-14H,1-3H3,(H,23,27)/t13-,14-/m0/s1. The van der Waals surface area contributed by atoms with Crippen LogP contribution in [0.15, 0.2) is 54.9 Å².